The van der Waals surface area contributed by atoms with Crippen LogP contribution in [-0.2, 0) is 4.79 Å². The zero-order chi connectivity index (χ0) is 10.6. The standard InChI is InChI=1S/C11H15NO2.ClH/c1-2-9(10(12)11(13)14)8-6-4-3-5-7-8;/h3-7,9-10H,2,12H2,1H3,(H,13,14);1H/t9-,10+;/m0./s1. The Labute approximate surface area is 95.7 Å². The summed E-state index contributed by atoms with van der Waals surface area (Å²) in [4.78, 5) is 10.7. The van der Waals surface area contributed by atoms with Gasteiger partial charge in [-0.25, -0.2) is 0 Å². The van der Waals surface area contributed by atoms with E-state index in [1.54, 1.807) is 0 Å². The lowest BCUT2D eigenvalue weighted by Gasteiger charge is -2.19. The van der Waals surface area contributed by atoms with Gasteiger partial charge in [-0.1, -0.05) is 37.3 Å². The molecule has 0 heterocycles. The maximum Gasteiger partial charge on any atom is 0.321 e. The molecule has 0 spiro atoms. The molecule has 1 aromatic carbocycles. The molecule has 4 heteroatoms. The molecule has 3 nitrogen and oxygen atoms in total. The predicted octanol–water partition coefficient (Wildman–Crippen LogP) is 2.01. The highest BCUT2D eigenvalue weighted by molar-refractivity contribution is 5.85. The SMILES string of the molecule is CC[C@@H](c1ccccc1)[C@@H](N)C(=O)O.Cl. The van der Waals surface area contributed by atoms with Crippen molar-refractivity contribution in [2.45, 2.75) is 25.3 Å². The first kappa shape index (κ1) is 13.9. The van der Waals surface area contributed by atoms with Gasteiger partial charge in [-0.15, -0.1) is 12.4 Å². The molecule has 1 rings (SSSR count). The van der Waals surface area contributed by atoms with Crippen LogP contribution in [-0.4, -0.2) is 17.1 Å². The fraction of sp³-hybridized carbons (Fsp3) is 0.364. The Kier molecular flexibility index (Phi) is 5.97. The third kappa shape index (κ3) is 3.53. The van der Waals surface area contributed by atoms with Crippen molar-refractivity contribution >= 4 is 18.4 Å². The quantitative estimate of drug-likeness (QED) is 0.830. The molecule has 0 aliphatic heterocycles. The summed E-state index contributed by atoms with van der Waals surface area (Å²) in [5.74, 6) is -1.05. The number of carboxylic acid groups (broad SMARTS) is 1. The normalized spacial score (nSPS) is 13.7. The molecule has 0 aliphatic rings. The molecule has 0 fully saturated rings. The van der Waals surface area contributed by atoms with Crippen LogP contribution in [0.1, 0.15) is 24.8 Å². The van der Waals surface area contributed by atoms with Gasteiger partial charge in [0.15, 0.2) is 0 Å². The van der Waals surface area contributed by atoms with Gasteiger partial charge in [0, 0.05) is 5.92 Å². The zero-order valence-corrected chi connectivity index (χ0v) is 9.41. The second-order valence-corrected chi connectivity index (χ2v) is 3.29. The molecular formula is C11H16ClNO2. The Hall–Kier alpha value is -1.06. The van der Waals surface area contributed by atoms with Crippen molar-refractivity contribution in [2.75, 3.05) is 0 Å². The van der Waals surface area contributed by atoms with Crippen molar-refractivity contribution in [2.24, 2.45) is 5.73 Å². The molecule has 0 bridgehead atoms. The Morgan fingerprint density at radius 2 is 1.93 bits per heavy atom. The van der Waals surface area contributed by atoms with Crippen molar-refractivity contribution < 1.29 is 9.90 Å². The maximum absolute atomic E-state index is 10.7. The Morgan fingerprint density at radius 3 is 2.33 bits per heavy atom. The molecule has 1 aromatic rings. The van der Waals surface area contributed by atoms with Gasteiger partial charge < -0.3 is 10.8 Å². The summed E-state index contributed by atoms with van der Waals surface area (Å²) in [6.45, 7) is 1.94. The fourth-order valence-corrected chi connectivity index (χ4v) is 1.57. The second kappa shape index (κ2) is 6.43. The van der Waals surface area contributed by atoms with Crippen LogP contribution in [0.4, 0.5) is 0 Å². The number of carbonyl (C=O) groups is 1. The van der Waals surface area contributed by atoms with Gasteiger partial charge in [0.1, 0.15) is 6.04 Å². The molecule has 15 heavy (non-hydrogen) atoms. The minimum Gasteiger partial charge on any atom is -0.480 e. The van der Waals surface area contributed by atoms with Crippen molar-refractivity contribution in [3.05, 3.63) is 35.9 Å². The average Bonchev–Trinajstić information content (AvgIpc) is 2.20. The Balaban J connectivity index is 0.00000196. The average molecular weight is 230 g/mol. The number of nitrogens with two attached hydrogens (primary N) is 1. The molecular weight excluding hydrogens is 214 g/mol. The number of carboxylic acids is 1. The molecule has 0 unspecified atom stereocenters. The van der Waals surface area contributed by atoms with Crippen molar-refractivity contribution in [1.29, 1.82) is 0 Å². The zero-order valence-electron chi connectivity index (χ0n) is 8.59. The highest BCUT2D eigenvalue weighted by atomic mass is 35.5. The van der Waals surface area contributed by atoms with Crippen LogP contribution >= 0.6 is 12.4 Å². The lowest BCUT2D eigenvalue weighted by molar-refractivity contribution is -0.139. The molecule has 84 valence electrons. The van der Waals surface area contributed by atoms with Crippen molar-refractivity contribution in [3.63, 3.8) is 0 Å². The smallest absolute Gasteiger partial charge is 0.321 e. The summed E-state index contributed by atoms with van der Waals surface area (Å²) in [5.41, 5.74) is 6.59. The first-order chi connectivity index (χ1) is 6.66. The maximum atomic E-state index is 10.7. The van der Waals surface area contributed by atoms with Crippen LogP contribution in [0.25, 0.3) is 0 Å². The van der Waals surface area contributed by atoms with Crippen molar-refractivity contribution in [3.8, 4) is 0 Å². The number of hydrogen-bond donors (Lipinski definition) is 2. The fourth-order valence-electron chi connectivity index (χ4n) is 1.57. The third-order valence-corrected chi connectivity index (χ3v) is 2.39. The summed E-state index contributed by atoms with van der Waals surface area (Å²) >= 11 is 0. The summed E-state index contributed by atoms with van der Waals surface area (Å²) in [6.07, 6.45) is 0.734. The number of halogens is 1. The van der Waals surface area contributed by atoms with E-state index < -0.39 is 12.0 Å². The first-order valence-corrected chi connectivity index (χ1v) is 4.70. The van der Waals surface area contributed by atoms with Gasteiger partial charge in [-0.3, -0.25) is 4.79 Å². The first-order valence-electron chi connectivity index (χ1n) is 4.70. The number of aliphatic carboxylic acids is 1. The van der Waals surface area contributed by atoms with Gasteiger partial charge in [-0.2, -0.15) is 0 Å². The van der Waals surface area contributed by atoms with Gasteiger partial charge in [0.05, 0.1) is 0 Å². The van der Waals surface area contributed by atoms with Gasteiger partial charge in [-0.05, 0) is 12.0 Å². The number of rotatable bonds is 4. The number of hydrogen-bond acceptors (Lipinski definition) is 2. The highest BCUT2D eigenvalue weighted by Gasteiger charge is 2.23. The highest BCUT2D eigenvalue weighted by Crippen LogP contribution is 2.21. The Morgan fingerprint density at radius 1 is 1.40 bits per heavy atom. The lowest BCUT2D eigenvalue weighted by atomic mass is 9.90. The van der Waals surface area contributed by atoms with Gasteiger partial charge >= 0.3 is 5.97 Å². The number of benzene rings is 1. The molecule has 0 aromatic heterocycles. The van der Waals surface area contributed by atoms with Crippen LogP contribution in [0.15, 0.2) is 30.3 Å². The predicted molar refractivity (Wildman–Crippen MR) is 62.3 cm³/mol. The van der Waals surface area contributed by atoms with E-state index in [4.69, 9.17) is 10.8 Å². The third-order valence-electron chi connectivity index (χ3n) is 2.39. The monoisotopic (exact) mass is 229 g/mol. The second-order valence-electron chi connectivity index (χ2n) is 3.29. The van der Waals surface area contributed by atoms with E-state index in [9.17, 15) is 4.79 Å². The molecule has 0 saturated heterocycles. The molecule has 3 N–H and O–H groups in total. The van der Waals surface area contributed by atoms with Crippen molar-refractivity contribution in [1.82, 2.24) is 0 Å². The van der Waals surface area contributed by atoms with E-state index in [0.29, 0.717) is 0 Å². The van der Waals surface area contributed by atoms with Gasteiger partial charge in [0.25, 0.3) is 0 Å². The summed E-state index contributed by atoms with van der Waals surface area (Å²) < 4.78 is 0. The largest absolute Gasteiger partial charge is 0.480 e. The van der Waals surface area contributed by atoms with Crippen LogP contribution in [0, 0.1) is 0 Å². The molecule has 2 atom stereocenters. The minimum atomic E-state index is -0.944. The van der Waals surface area contributed by atoms with Crippen LogP contribution in [0.3, 0.4) is 0 Å². The van der Waals surface area contributed by atoms with Gasteiger partial charge in [0.2, 0.25) is 0 Å². The Bertz CT molecular complexity index is 303. The van der Waals surface area contributed by atoms with E-state index >= 15 is 0 Å². The van der Waals surface area contributed by atoms with Crippen LogP contribution in [0.2, 0.25) is 0 Å². The lowest BCUT2D eigenvalue weighted by Crippen LogP contribution is -2.36. The van der Waals surface area contributed by atoms with E-state index in [1.165, 1.54) is 0 Å². The summed E-state index contributed by atoms with van der Waals surface area (Å²) in [6, 6.07) is 8.71. The van der Waals surface area contributed by atoms with Crippen LogP contribution < -0.4 is 5.73 Å². The minimum absolute atomic E-state index is 0. The van der Waals surface area contributed by atoms with E-state index in [1.807, 2.05) is 37.3 Å². The molecule has 0 amide bonds. The van der Waals surface area contributed by atoms with E-state index in [-0.39, 0.29) is 18.3 Å². The summed E-state index contributed by atoms with van der Waals surface area (Å²) in [7, 11) is 0. The molecule has 0 radical (unpaired) electrons. The van der Waals surface area contributed by atoms with Crippen LogP contribution in [0.5, 0.6) is 0 Å². The topological polar surface area (TPSA) is 63.3 Å². The summed E-state index contributed by atoms with van der Waals surface area (Å²) in [5, 5.41) is 8.82. The van der Waals surface area contributed by atoms with E-state index in [0.717, 1.165) is 12.0 Å². The molecule has 0 aliphatic carbocycles. The van der Waals surface area contributed by atoms with E-state index in [2.05, 4.69) is 0 Å². The molecule has 0 saturated carbocycles.